The van der Waals surface area contributed by atoms with Gasteiger partial charge in [-0.2, -0.15) is 0 Å². The van der Waals surface area contributed by atoms with E-state index in [4.69, 9.17) is 10.5 Å². The molecule has 3 N–H and O–H groups in total. The fourth-order valence-corrected chi connectivity index (χ4v) is 1.14. The number of aromatic hydroxyl groups is 1. The van der Waals surface area contributed by atoms with Crippen molar-refractivity contribution >= 4 is 11.8 Å². The molecular weight excluding hydrogens is 222 g/mol. The number of hydrogen-bond acceptors (Lipinski definition) is 6. The van der Waals surface area contributed by atoms with Gasteiger partial charge in [0.05, 0.1) is 12.4 Å². The molecule has 1 aromatic heterocycles. The number of carbonyl (C=O) groups is 1. The molecule has 0 saturated heterocycles. The highest BCUT2D eigenvalue weighted by atomic mass is 16.5. The first-order valence-electron chi connectivity index (χ1n) is 4.74. The molecule has 0 aliphatic heterocycles. The summed E-state index contributed by atoms with van der Waals surface area (Å²) in [5.41, 5.74) is 5.35. The maximum Gasteiger partial charge on any atom is 0.364 e. The minimum atomic E-state index is -0.709. The number of phenolic OH excluding ortho intramolecular Hbond substituents is 1. The number of nitrogen functional groups attached to an aromatic ring is 1. The molecule has 0 aliphatic rings. The third-order valence-corrected chi connectivity index (χ3v) is 1.95. The topological polar surface area (TPSA) is 98.3 Å². The van der Waals surface area contributed by atoms with Crippen molar-refractivity contribution in [2.24, 2.45) is 0 Å². The Morgan fingerprint density at radius 1 is 1.24 bits per heavy atom. The maximum absolute atomic E-state index is 11.6. The van der Waals surface area contributed by atoms with Crippen LogP contribution in [-0.4, -0.2) is 21.0 Å². The van der Waals surface area contributed by atoms with E-state index in [1.165, 1.54) is 24.5 Å². The van der Waals surface area contributed by atoms with Gasteiger partial charge in [-0.3, -0.25) is 0 Å². The SMILES string of the molecule is Nc1cnc(C(=O)Oc2ccccc2O)cn1. The van der Waals surface area contributed by atoms with Crippen molar-refractivity contribution in [3.8, 4) is 11.5 Å². The molecule has 0 fully saturated rings. The molecule has 86 valence electrons. The van der Waals surface area contributed by atoms with Gasteiger partial charge in [0.1, 0.15) is 5.82 Å². The second kappa shape index (κ2) is 4.48. The molecule has 0 radical (unpaired) electrons. The van der Waals surface area contributed by atoms with Crippen molar-refractivity contribution < 1.29 is 14.6 Å². The van der Waals surface area contributed by atoms with E-state index in [-0.39, 0.29) is 23.0 Å². The van der Waals surface area contributed by atoms with E-state index in [1.807, 2.05) is 0 Å². The standard InChI is InChI=1S/C11H9N3O3/c12-10-6-13-7(5-14-10)11(16)17-9-4-2-1-3-8(9)15/h1-6,15H,(H2,12,14). The summed E-state index contributed by atoms with van der Waals surface area (Å²) in [4.78, 5) is 19.1. The number of carbonyl (C=O) groups excluding carboxylic acids is 1. The third-order valence-electron chi connectivity index (χ3n) is 1.95. The number of para-hydroxylation sites is 2. The highest BCUT2D eigenvalue weighted by Crippen LogP contribution is 2.24. The van der Waals surface area contributed by atoms with Crippen LogP contribution in [0.2, 0.25) is 0 Å². The first kappa shape index (κ1) is 10.9. The molecule has 0 amide bonds. The highest BCUT2D eigenvalue weighted by Gasteiger charge is 2.12. The van der Waals surface area contributed by atoms with Crippen molar-refractivity contribution in [3.05, 3.63) is 42.4 Å². The summed E-state index contributed by atoms with van der Waals surface area (Å²) in [5.74, 6) is -0.552. The third kappa shape index (κ3) is 2.49. The molecule has 6 heteroatoms. The molecule has 6 nitrogen and oxygen atoms in total. The van der Waals surface area contributed by atoms with Crippen LogP contribution in [0.25, 0.3) is 0 Å². The summed E-state index contributed by atoms with van der Waals surface area (Å²) in [6, 6.07) is 6.14. The van der Waals surface area contributed by atoms with Gasteiger partial charge < -0.3 is 15.6 Å². The molecule has 1 aromatic carbocycles. The second-order valence-corrected chi connectivity index (χ2v) is 3.18. The molecular formula is C11H9N3O3. The van der Waals surface area contributed by atoms with Crippen LogP contribution in [0.3, 0.4) is 0 Å². The van der Waals surface area contributed by atoms with E-state index in [0.29, 0.717) is 0 Å². The van der Waals surface area contributed by atoms with Gasteiger partial charge in [0, 0.05) is 0 Å². The highest BCUT2D eigenvalue weighted by molar-refractivity contribution is 5.89. The van der Waals surface area contributed by atoms with Gasteiger partial charge in [0.25, 0.3) is 0 Å². The van der Waals surface area contributed by atoms with Crippen molar-refractivity contribution in [2.45, 2.75) is 0 Å². The minimum absolute atomic E-state index is 0.0162. The predicted molar refractivity (Wildman–Crippen MR) is 59.5 cm³/mol. The van der Waals surface area contributed by atoms with Crippen molar-refractivity contribution in [1.29, 1.82) is 0 Å². The molecule has 0 aliphatic carbocycles. The molecule has 17 heavy (non-hydrogen) atoms. The lowest BCUT2D eigenvalue weighted by Crippen LogP contribution is -2.11. The molecule has 0 saturated carbocycles. The monoisotopic (exact) mass is 231 g/mol. The van der Waals surface area contributed by atoms with Crippen LogP contribution < -0.4 is 10.5 Å². The quantitative estimate of drug-likeness (QED) is 0.590. The Morgan fingerprint density at radius 2 is 2.00 bits per heavy atom. The Kier molecular flexibility index (Phi) is 2.87. The van der Waals surface area contributed by atoms with Crippen molar-refractivity contribution in [2.75, 3.05) is 5.73 Å². The Balaban J connectivity index is 2.17. The van der Waals surface area contributed by atoms with Crippen LogP contribution in [0, 0.1) is 0 Å². The van der Waals surface area contributed by atoms with Crippen LogP contribution in [0.15, 0.2) is 36.7 Å². The van der Waals surface area contributed by atoms with Gasteiger partial charge in [-0.15, -0.1) is 0 Å². The summed E-state index contributed by atoms with van der Waals surface area (Å²) in [6.07, 6.45) is 2.46. The Morgan fingerprint density at radius 3 is 2.65 bits per heavy atom. The van der Waals surface area contributed by atoms with Crippen LogP contribution in [0.4, 0.5) is 5.82 Å². The normalized spacial score (nSPS) is 9.88. The Hall–Kier alpha value is -2.63. The van der Waals surface area contributed by atoms with E-state index in [2.05, 4.69) is 9.97 Å². The molecule has 2 aromatic rings. The van der Waals surface area contributed by atoms with Crippen LogP contribution in [0.1, 0.15) is 10.5 Å². The van der Waals surface area contributed by atoms with Crippen molar-refractivity contribution in [1.82, 2.24) is 9.97 Å². The number of ether oxygens (including phenoxy) is 1. The van der Waals surface area contributed by atoms with Gasteiger partial charge in [0.15, 0.2) is 17.2 Å². The van der Waals surface area contributed by atoms with Gasteiger partial charge in [-0.25, -0.2) is 14.8 Å². The first-order chi connectivity index (χ1) is 8.16. The number of benzene rings is 1. The molecule has 0 unspecified atom stereocenters. The zero-order valence-electron chi connectivity index (χ0n) is 8.70. The van der Waals surface area contributed by atoms with E-state index in [9.17, 15) is 9.90 Å². The summed E-state index contributed by atoms with van der Waals surface area (Å²) in [7, 11) is 0. The number of nitrogens with two attached hydrogens (primary N) is 1. The number of nitrogens with zero attached hydrogens (tertiary/aromatic N) is 2. The lowest BCUT2D eigenvalue weighted by molar-refractivity contribution is 0.0723. The average molecular weight is 231 g/mol. The zero-order valence-corrected chi connectivity index (χ0v) is 8.70. The van der Waals surface area contributed by atoms with E-state index in [0.717, 1.165) is 0 Å². The van der Waals surface area contributed by atoms with Crippen LogP contribution in [0.5, 0.6) is 11.5 Å². The fourth-order valence-electron chi connectivity index (χ4n) is 1.14. The number of phenols is 1. The van der Waals surface area contributed by atoms with Gasteiger partial charge in [-0.1, -0.05) is 12.1 Å². The smallest absolute Gasteiger partial charge is 0.364 e. The lowest BCUT2D eigenvalue weighted by atomic mass is 10.3. The number of esters is 1. The summed E-state index contributed by atoms with van der Waals surface area (Å²) < 4.78 is 4.94. The first-order valence-corrected chi connectivity index (χ1v) is 4.74. The van der Waals surface area contributed by atoms with Crippen molar-refractivity contribution in [3.63, 3.8) is 0 Å². The van der Waals surface area contributed by atoms with E-state index in [1.54, 1.807) is 12.1 Å². The molecule has 0 bridgehead atoms. The van der Waals surface area contributed by atoms with Crippen LogP contribution in [-0.2, 0) is 0 Å². The van der Waals surface area contributed by atoms with E-state index >= 15 is 0 Å². The van der Waals surface area contributed by atoms with Gasteiger partial charge >= 0.3 is 5.97 Å². The molecule has 1 heterocycles. The second-order valence-electron chi connectivity index (χ2n) is 3.18. The van der Waals surface area contributed by atoms with Gasteiger partial charge in [-0.05, 0) is 12.1 Å². The number of rotatable bonds is 2. The fraction of sp³-hybridized carbons (Fsp3) is 0. The molecule has 0 atom stereocenters. The average Bonchev–Trinajstić information content (AvgIpc) is 2.33. The lowest BCUT2D eigenvalue weighted by Gasteiger charge is -2.04. The zero-order chi connectivity index (χ0) is 12.3. The summed E-state index contributed by atoms with van der Waals surface area (Å²) in [5, 5.41) is 9.42. The van der Waals surface area contributed by atoms with Crippen LogP contribution >= 0.6 is 0 Å². The maximum atomic E-state index is 11.6. The number of hydrogen-bond donors (Lipinski definition) is 2. The summed E-state index contributed by atoms with van der Waals surface area (Å²) in [6.45, 7) is 0. The molecule has 2 rings (SSSR count). The molecule has 0 spiro atoms. The number of anilines is 1. The van der Waals surface area contributed by atoms with Gasteiger partial charge in [0.2, 0.25) is 0 Å². The summed E-state index contributed by atoms with van der Waals surface area (Å²) >= 11 is 0. The largest absolute Gasteiger partial charge is 0.504 e. The van der Waals surface area contributed by atoms with E-state index < -0.39 is 5.97 Å². The predicted octanol–water partition coefficient (Wildman–Crippen LogP) is 0.984. The Labute approximate surface area is 96.7 Å². The Bertz CT molecular complexity index is 540. The number of aromatic nitrogens is 2. The minimum Gasteiger partial charge on any atom is -0.504 e.